The fourth-order valence-electron chi connectivity index (χ4n) is 7.40. The van der Waals surface area contributed by atoms with Crippen molar-refractivity contribution in [3.63, 3.8) is 0 Å². The highest BCUT2D eigenvalue weighted by atomic mass is 35.5. The molecule has 38 heavy (non-hydrogen) atoms. The van der Waals surface area contributed by atoms with Crippen LogP contribution in [0.3, 0.4) is 0 Å². The molecule has 2 aromatic carbocycles. The Bertz CT molecular complexity index is 1610. The SMILES string of the molecule is O=Cc1ccc2nc([C@]3(O)[C@@H]4CC5[C@H]3CC5(OCc3c(-c5c(Cl)cccc5Cl)noc3C3CC3)C4)sc2c1. The van der Waals surface area contributed by atoms with Crippen LogP contribution in [0.2, 0.25) is 10.0 Å². The summed E-state index contributed by atoms with van der Waals surface area (Å²) in [7, 11) is 0. The molecule has 4 saturated carbocycles. The van der Waals surface area contributed by atoms with Crippen LogP contribution >= 0.6 is 34.5 Å². The fraction of sp³-hybridized carbons (Fsp3) is 0.414. The van der Waals surface area contributed by atoms with Crippen molar-refractivity contribution >= 4 is 51.0 Å². The fourth-order valence-corrected chi connectivity index (χ4v) is 9.22. The summed E-state index contributed by atoms with van der Waals surface area (Å²) in [6, 6.07) is 10.9. The number of hydrogen-bond donors (Lipinski definition) is 1. The van der Waals surface area contributed by atoms with Crippen LogP contribution in [0, 0.1) is 17.8 Å². The third kappa shape index (κ3) is 3.17. The van der Waals surface area contributed by atoms with Crippen LogP contribution in [0.5, 0.6) is 0 Å². The minimum atomic E-state index is -0.937. The van der Waals surface area contributed by atoms with E-state index in [9.17, 15) is 9.90 Å². The molecule has 6 nitrogen and oxygen atoms in total. The number of halogens is 2. The first-order valence-corrected chi connectivity index (χ1v) is 14.6. The monoisotopic (exact) mass is 566 g/mol. The van der Waals surface area contributed by atoms with E-state index in [1.165, 1.54) is 11.3 Å². The first-order valence-electron chi connectivity index (χ1n) is 13.1. The zero-order valence-electron chi connectivity index (χ0n) is 20.3. The molecule has 2 unspecified atom stereocenters. The third-order valence-corrected chi connectivity index (χ3v) is 11.2. The molecular weight excluding hydrogens is 543 g/mol. The van der Waals surface area contributed by atoms with Crippen molar-refractivity contribution in [3.8, 4) is 11.3 Å². The molecule has 2 aromatic heterocycles. The van der Waals surface area contributed by atoms with E-state index in [0.29, 0.717) is 39.4 Å². The van der Waals surface area contributed by atoms with Crippen LogP contribution in [0.4, 0.5) is 0 Å². The van der Waals surface area contributed by atoms with Gasteiger partial charge in [-0.25, -0.2) is 4.98 Å². The largest absolute Gasteiger partial charge is 0.382 e. The molecule has 4 fully saturated rings. The number of benzene rings is 2. The zero-order chi connectivity index (χ0) is 25.8. The molecule has 8 rings (SSSR count). The van der Waals surface area contributed by atoms with Crippen molar-refractivity contribution in [2.75, 3.05) is 0 Å². The van der Waals surface area contributed by atoms with Gasteiger partial charge >= 0.3 is 0 Å². The Morgan fingerprint density at radius 2 is 1.97 bits per heavy atom. The summed E-state index contributed by atoms with van der Waals surface area (Å²) in [6.45, 7) is 0.385. The molecule has 9 heteroatoms. The van der Waals surface area contributed by atoms with Gasteiger partial charge in [-0.3, -0.25) is 4.79 Å². The second kappa shape index (κ2) is 8.12. The maximum atomic E-state index is 12.0. The van der Waals surface area contributed by atoms with E-state index in [2.05, 4.69) is 5.16 Å². The molecule has 0 amide bonds. The van der Waals surface area contributed by atoms with E-state index in [-0.39, 0.29) is 23.4 Å². The van der Waals surface area contributed by atoms with Crippen LogP contribution in [-0.4, -0.2) is 27.1 Å². The van der Waals surface area contributed by atoms with Gasteiger partial charge in [-0.1, -0.05) is 34.4 Å². The zero-order valence-corrected chi connectivity index (χ0v) is 22.7. The second-order valence-electron chi connectivity index (χ2n) is 11.3. The van der Waals surface area contributed by atoms with Gasteiger partial charge in [0.15, 0.2) is 0 Å². The molecule has 4 aliphatic carbocycles. The number of carbonyl (C=O) groups is 1. The van der Waals surface area contributed by atoms with Gasteiger partial charge < -0.3 is 14.4 Å². The first kappa shape index (κ1) is 23.6. The number of ether oxygens (including phenoxy) is 1. The quantitative estimate of drug-likeness (QED) is 0.239. The number of hydrogen-bond acceptors (Lipinski definition) is 7. The lowest BCUT2D eigenvalue weighted by molar-refractivity contribution is -0.246. The summed E-state index contributed by atoms with van der Waals surface area (Å²) < 4.78 is 13.5. The molecule has 2 bridgehead atoms. The summed E-state index contributed by atoms with van der Waals surface area (Å²) in [5.74, 6) is 1.75. The van der Waals surface area contributed by atoms with E-state index < -0.39 is 5.60 Å². The number of fused-ring (bicyclic) bond motifs is 2. The minimum Gasteiger partial charge on any atom is -0.382 e. The molecular formula is C29H24Cl2N2O4S. The normalized spacial score (nSPS) is 31.2. The number of thiazole rings is 1. The molecule has 1 N–H and O–H groups in total. The molecule has 194 valence electrons. The first-order chi connectivity index (χ1) is 18.4. The Balaban J connectivity index is 1.07. The van der Waals surface area contributed by atoms with Gasteiger partial charge in [0.05, 0.1) is 32.5 Å². The Hall–Kier alpha value is -2.29. The van der Waals surface area contributed by atoms with Gasteiger partial charge in [0.2, 0.25) is 0 Å². The van der Waals surface area contributed by atoms with Crippen LogP contribution in [0.25, 0.3) is 21.5 Å². The lowest BCUT2D eigenvalue weighted by Crippen LogP contribution is -2.62. The van der Waals surface area contributed by atoms with E-state index >= 15 is 0 Å². The van der Waals surface area contributed by atoms with Crippen LogP contribution in [0.15, 0.2) is 40.9 Å². The van der Waals surface area contributed by atoms with Crippen molar-refractivity contribution in [2.45, 2.75) is 55.8 Å². The average Bonchev–Trinajstić information content (AvgIpc) is 3.31. The summed E-state index contributed by atoms with van der Waals surface area (Å²) >= 11 is 14.6. The number of aldehydes is 1. The highest BCUT2D eigenvalue weighted by molar-refractivity contribution is 7.18. The predicted molar refractivity (Wildman–Crippen MR) is 145 cm³/mol. The Kier molecular flexibility index (Phi) is 5.04. The van der Waals surface area contributed by atoms with E-state index in [0.717, 1.165) is 64.9 Å². The maximum Gasteiger partial charge on any atom is 0.150 e. The molecule has 2 heterocycles. The van der Waals surface area contributed by atoms with Crippen molar-refractivity contribution in [1.29, 1.82) is 0 Å². The van der Waals surface area contributed by atoms with Crippen molar-refractivity contribution in [2.24, 2.45) is 17.8 Å². The molecule has 0 spiro atoms. The highest BCUT2D eigenvalue weighted by Gasteiger charge is 2.76. The van der Waals surface area contributed by atoms with E-state index in [4.69, 9.17) is 37.4 Å². The molecule has 0 aliphatic heterocycles. The molecule has 5 atom stereocenters. The Morgan fingerprint density at radius 1 is 1.16 bits per heavy atom. The number of carbonyl (C=O) groups excluding carboxylic acids is 1. The number of nitrogens with zero attached hydrogens (tertiary/aromatic N) is 2. The van der Waals surface area contributed by atoms with Gasteiger partial charge in [-0.05, 0) is 74.3 Å². The number of rotatable bonds is 7. The highest BCUT2D eigenvalue weighted by Crippen LogP contribution is 2.74. The minimum absolute atomic E-state index is 0.0974. The topological polar surface area (TPSA) is 85.5 Å². The summed E-state index contributed by atoms with van der Waals surface area (Å²) in [4.78, 5) is 16.0. The summed E-state index contributed by atoms with van der Waals surface area (Å²) in [6.07, 6.45) is 5.54. The standard InChI is InChI=1S/C29H24Cl2N2O4S/c30-20-2-1-3-21(31)24(20)25-17(26(37-33-25)15-5-6-15)13-36-28-10-16-9-18(28)19(11-28)29(16,35)27-32-22-7-4-14(12-34)8-23(22)38-27/h1-4,7-8,12,15-16,18-19,35H,5-6,9-11,13H2/t16-,18?,19-,28?,29+/m1/s1. The van der Waals surface area contributed by atoms with Gasteiger partial charge in [-0.15, -0.1) is 11.3 Å². The van der Waals surface area contributed by atoms with Crippen LogP contribution in [0.1, 0.15) is 64.7 Å². The van der Waals surface area contributed by atoms with Crippen molar-refractivity contribution in [1.82, 2.24) is 10.1 Å². The van der Waals surface area contributed by atoms with Gasteiger partial charge in [0, 0.05) is 28.5 Å². The lowest BCUT2D eigenvalue weighted by Gasteiger charge is -2.58. The number of aromatic nitrogens is 2. The second-order valence-corrected chi connectivity index (χ2v) is 13.2. The van der Waals surface area contributed by atoms with Crippen LogP contribution < -0.4 is 0 Å². The summed E-state index contributed by atoms with van der Waals surface area (Å²) in [5, 5.41) is 18.3. The van der Waals surface area contributed by atoms with Gasteiger partial charge in [0.25, 0.3) is 0 Å². The number of aliphatic hydroxyl groups is 1. The Morgan fingerprint density at radius 3 is 2.68 bits per heavy atom. The maximum absolute atomic E-state index is 12.0. The molecule has 0 radical (unpaired) electrons. The van der Waals surface area contributed by atoms with Crippen molar-refractivity contribution in [3.05, 3.63) is 68.3 Å². The van der Waals surface area contributed by atoms with E-state index in [1.807, 2.05) is 30.3 Å². The smallest absolute Gasteiger partial charge is 0.150 e. The third-order valence-electron chi connectivity index (χ3n) is 9.41. The Labute approximate surface area is 232 Å². The van der Waals surface area contributed by atoms with E-state index in [1.54, 1.807) is 6.07 Å². The molecule has 0 saturated heterocycles. The lowest BCUT2D eigenvalue weighted by atomic mass is 9.54. The van der Waals surface area contributed by atoms with Gasteiger partial charge in [0.1, 0.15) is 28.3 Å². The average molecular weight is 567 g/mol. The molecule has 4 aromatic rings. The summed E-state index contributed by atoms with van der Waals surface area (Å²) in [5.41, 5.74) is 2.56. The van der Waals surface area contributed by atoms with Crippen LogP contribution in [-0.2, 0) is 16.9 Å². The predicted octanol–water partition coefficient (Wildman–Crippen LogP) is 7.15. The molecule has 4 aliphatic rings. The van der Waals surface area contributed by atoms with Gasteiger partial charge in [-0.2, -0.15) is 0 Å². The van der Waals surface area contributed by atoms with Crippen molar-refractivity contribution < 1.29 is 19.2 Å².